The second-order valence-corrected chi connectivity index (χ2v) is 7.36. The van der Waals surface area contributed by atoms with Gasteiger partial charge in [-0.3, -0.25) is 0 Å². The van der Waals surface area contributed by atoms with Crippen LogP contribution in [0.15, 0.2) is 23.1 Å². The largest absolute Gasteiger partial charge is 0.317 e. The lowest BCUT2D eigenvalue weighted by Gasteiger charge is -2.27. The molecule has 1 saturated heterocycles. The van der Waals surface area contributed by atoms with Crippen molar-refractivity contribution >= 4 is 35.0 Å². The molecule has 1 N–H and O–H groups in total. The van der Waals surface area contributed by atoms with E-state index in [4.69, 9.17) is 23.2 Å². The summed E-state index contributed by atoms with van der Waals surface area (Å²) in [5.74, 6) is 1.89. The summed E-state index contributed by atoms with van der Waals surface area (Å²) in [5.41, 5.74) is 0. The van der Waals surface area contributed by atoms with Crippen LogP contribution in [0.2, 0.25) is 10.0 Å². The van der Waals surface area contributed by atoms with Gasteiger partial charge in [-0.15, -0.1) is 11.8 Å². The average Bonchev–Trinajstić information content (AvgIpc) is 2.44. The van der Waals surface area contributed by atoms with Crippen LogP contribution in [0.5, 0.6) is 0 Å². The zero-order valence-electron chi connectivity index (χ0n) is 11.9. The molecule has 20 heavy (non-hydrogen) atoms. The van der Waals surface area contributed by atoms with E-state index in [1.165, 1.54) is 32.5 Å². The van der Waals surface area contributed by atoms with Crippen molar-refractivity contribution in [2.24, 2.45) is 5.92 Å². The van der Waals surface area contributed by atoms with E-state index in [0.717, 1.165) is 33.2 Å². The molecule has 2 rings (SSSR count). The predicted molar refractivity (Wildman–Crippen MR) is 90.3 cm³/mol. The highest BCUT2D eigenvalue weighted by Gasteiger charge is 2.14. The van der Waals surface area contributed by atoms with Gasteiger partial charge in [0, 0.05) is 28.8 Å². The lowest BCUT2D eigenvalue weighted by Crippen LogP contribution is -2.35. The van der Waals surface area contributed by atoms with Gasteiger partial charge >= 0.3 is 0 Å². The van der Waals surface area contributed by atoms with Crippen molar-refractivity contribution in [3.63, 3.8) is 0 Å². The first-order chi connectivity index (χ1) is 9.65. The van der Waals surface area contributed by atoms with Crippen LogP contribution in [-0.2, 0) is 0 Å². The van der Waals surface area contributed by atoms with Crippen LogP contribution in [0, 0.1) is 5.92 Å². The molecule has 1 aliphatic heterocycles. The molecule has 0 aliphatic carbocycles. The van der Waals surface area contributed by atoms with Gasteiger partial charge in [-0.05, 0) is 57.1 Å². The Bertz CT molecular complexity index is 422. The van der Waals surface area contributed by atoms with E-state index in [0.29, 0.717) is 0 Å². The van der Waals surface area contributed by atoms with Gasteiger partial charge < -0.3 is 10.2 Å². The summed E-state index contributed by atoms with van der Waals surface area (Å²) >= 11 is 13.9. The topological polar surface area (TPSA) is 15.3 Å². The van der Waals surface area contributed by atoms with E-state index in [2.05, 4.69) is 17.3 Å². The zero-order valence-corrected chi connectivity index (χ0v) is 14.2. The molecule has 112 valence electrons. The van der Waals surface area contributed by atoms with E-state index in [1.807, 2.05) is 18.2 Å². The maximum Gasteiger partial charge on any atom is 0.0542 e. The molecule has 0 bridgehead atoms. The predicted octanol–water partition coefficient (Wildman–Crippen LogP) is 4.02. The Hall–Kier alpha value is 0.0700. The van der Waals surface area contributed by atoms with Gasteiger partial charge in [0.15, 0.2) is 0 Å². The minimum Gasteiger partial charge on any atom is -0.317 e. The lowest BCUT2D eigenvalue weighted by atomic mass is 9.98. The third-order valence-electron chi connectivity index (χ3n) is 3.65. The van der Waals surface area contributed by atoms with Gasteiger partial charge in [0.05, 0.1) is 5.02 Å². The minimum atomic E-state index is 0.750. The van der Waals surface area contributed by atoms with Crippen LogP contribution in [0.4, 0.5) is 0 Å². The number of piperidine rings is 1. The number of nitrogens with zero attached hydrogens (tertiary/aromatic N) is 1. The number of hydrogen-bond donors (Lipinski definition) is 1. The van der Waals surface area contributed by atoms with Crippen LogP contribution in [0.3, 0.4) is 0 Å². The fourth-order valence-electron chi connectivity index (χ4n) is 2.50. The van der Waals surface area contributed by atoms with Gasteiger partial charge in [0.25, 0.3) is 0 Å². The molecule has 1 aliphatic rings. The van der Waals surface area contributed by atoms with E-state index < -0.39 is 0 Å². The summed E-state index contributed by atoms with van der Waals surface area (Å²) in [5, 5.41) is 4.96. The highest BCUT2D eigenvalue weighted by Crippen LogP contribution is 2.29. The van der Waals surface area contributed by atoms with Crippen LogP contribution in [-0.4, -0.2) is 43.9 Å². The number of halogens is 2. The Morgan fingerprint density at radius 1 is 1.30 bits per heavy atom. The molecule has 0 unspecified atom stereocenters. The van der Waals surface area contributed by atoms with Gasteiger partial charge in [-0.2, -0.15) is 0 Å². The Labute approximate surface area is 136 Å². The fourth-order valence-corrected chi connectivity index (χ4v) is 4.05. The van der Waals surface area contributed by atoms with Gasteiger partial charge in [-0.1, -0.05) is 23.2 Å². The fraction of sp³-hybridized carbons (Fsp3) is 0.600. The lowest BCUT2D eigenvalue weighted by molar-refractivity contribution is 0.250. The molecule has 0 spiro atoms. The highest BCUT2D eigenvalue weighted by molar-refractivity contribution is 7.99. The molecule has 0 atom stereocenters. The normalized spacial score (nSPS) is 16.8. The summed E-state index contributed by atoms with van der Waals surface area (Å²) in [4.78, 5) is 3.51. The van der Waals surface area contributed by atoms with E-state index in [9.17, 15) is 0 Å². The second-order valence-electron chi connectivity index (χ2n) is 5.38. The number of hydrogen-bond acceptors (Lipinski definition) is 3. The molecule has 1 aromatic carbocycles. The molecule has 1 aromatic rings. The summed E-state index contributed by atoms with van der Waals surface area (Å²) in [6, 6.07) is 5.64. The van der Waals surface area contributed by atoms with Gasteiger partial charge in [0.2, 0.25) is 0 Å². The van der Waals surface area contributed by atoms with Crippen molar-refractivity contribution < 1.29 is 0 Å². The van der Waals surface area contributed by atoms with Crippen molar-refractivity contribution in [2.75, 3.05) is 39.0 Å². The van der Waals surface area contributed by atoms with Crippen LogP contribution < -0.4 is 5.32 Å². The quantitative estimate of drug-likeness (QED) is 0.792. The maximum absolute atomic E-state index is 6.17. The SMILES string of the molecule is CN(CCSc1cc(Cl)ccc1Cl)CC1CCNCC1. The zero-order chi connectivity index (χ0) is 14.4. The van der Waals surface area contributed by atoms with Crippen LogP contribution in [0.25, 0.3) is 0 Å². The van der Waals surface area contributed by atoms with Crippen LogP contribution in [0.1, 0.15) is 12.8 Å². The molecule has 0 radical (unpaired) electrons. The standard InChI is InChI=1S/C15H22Cl2N2S/c1-19(11-12-4-6-18-7-5-12)8-9-20-15-10-13(16)2-3-14(15)17/h2-3,10,12,18H,4-9,11H2,1H3. The summed E-state index contributed by atoms with van der Waals surface area (Å²) in [7, 11) is 2.21. The number of rotatable bonds is 6. The molecule has 0 amide bonds. The third kappa shape index (κ3) is 5.45. The number of thioether (sulfide) groups is 1. The second kappa shape index (κ2) is 8.50. The molecular formula is C15H22Cl2N2S. The van der Waals surface area contributed by atoms with Gasteiger partial charge in [0.1, 0.15) is 0 Å². The van der Waals surface area contributed by atoms with Crippen molar-refractivity contribution in [3.8, 4) is 0 Å². The molecule has 0 saturated carbocycles. The molecule has 0 aromatic heterocycles. The molecule has 1 heterocycles. The molecule has 2 nitrogen and oxygen atoms in total. The first-order valence-corrected chi connectivity index (χ1v) is 8.86. The Morgan fingerprint density at radius 3 is 2.80 bits per heavy atom. The number of nitrogens with one attached hydrogen (secondary N) is 1. The van der Waals surface area contributed by atoms with E-state index in [-0.39, 0.29) is 0 Å². The molecular weight excluding hydrogens is 311 g/mol. The third-order valence-corrected chi connectivity index (χ3v) is 5.36. The average molecular weight is 333 g/mol. The van der Waals surface area contributed by atoms with E-state index >= 15 is 0 Å². The first kappa shape index (κ1) is 16.4. The molecule has 1 fully saturated rings. The van der Waals surface area contributed by atoms with Crippen molar-refractivity contribution in [1.82, 2.24) is 10.2 Å². The Kier molecular flexibility index (Phi) is 6.99. The first-order valence-electron chi connectivity index (χ1n) is 7.12. The summed E-state index contributed by atoms with van der Waals surface area (Å²) < 4.78 is 0. The minimum absolute atomic E-state index is 0.750. The Balaban J connectivity index is 1.70. The summed E-state index contributed by atoms with van der Waals surface area (Å²) in [6.07, 6.45) is 2.61. The van der Waals surface area contributed by atoms with Gasteiger partial charge in [-0.25, -0.2) is 0 Å². The maximum atomic E-state index is 6.17. The smallest absolute Gasteiger partial charge is 0.0542 e. The highest BCUT2D eigenvalue weighted by atomic mass is 35.5. The summed E-state index contributed by atoms with van der Waals surface area (Å²) in [6.45, 7) is 4.62. The molecule has 5 heteroatoms. The monoisotopic (exact) mass is 332 g/mol. The van der Waals surface area contributed by atoms with E-state index in [1.54, 1.807) is 11.8 Å². The van der Waals surface area contributed by atoms with Crippen LogP contribution >= 0.6 is 35.0 Å². The van der Waals surface area contributed by atoms with Crippen molar-refractivity contribution in [1.29, 1.82) is 0 Å². The van der Waals surface area contributed by atoms with Crippen molar-refractivity contribution in [2.45, 2.75) is 17.7 Å². The Morgan fingerprint density at radius 2 is 2.05 bits per heavy atom. The number of benzene rings is 1. The van der Waals surface area contributed by atoms with Crippen molar-refractivity contribution in [3.05, 3.63) is 28.2 Å².